The lowest BCUT2D eigenvalue weighted by atomic mass is 10.0. The number of carbonyl (C=O) groups excluding carboxylic acids is 3. The van der Waals surface area contributed by atoms with Crippen molar-refractivity contribution < 1.29 is 38.1 Å². The summed E-state index contributed by atoms with van der Waals surface area (Å²) in [5.41, 5.74) is 3.28. The Kier molecular flexibility index (Phi) is 28.1. The van der Waals surface area contributed by atoms with E-state index in [-0.39, 0.29) is 17.1 Å². The van der Waals surface area contributed by atoms with Gasteiger partial charge in [0.05, 0.1) is 52.7 Å². The molecule has 0 aliphatic carbocycles. The van der Waals surface area contributed by atoms with Crippen molar-refractivity contribution in [3.05, 3.63) is 162 Å². The molecule has 418 valence electrons. The fourth-order valence-corrected chi connectivity index (χ4v) is 8.80. The molecule has 0 fully saturated rings. The number of benzene rings is 6. The predicted octanol–water partition coefficient (Wildman–Crippen LogP) is 20.3. The van der Waals surface area contributed by atoms with Gasteiger partial charge in [-0.05, 0) is 146 Å². The van der Waals surface area contributed by atoms with Crippen LogP contribution in [0.25, 0.3) is 0 Å². The fraction of sp³-hybridized carbons (Fsp3) is 0.418. The van der Waals surface area contributed by atoms with Crippen molar-refractivity contribution in [2.75, 3.05) is 13.2 Å². The molecule has 0 aliphatic rings. The van der Waals surface area contributed by atoms with E-state index in [0.29, 0.717) is 58.6 Å². The average Bonchev–Trinajstić information content (AvgIpc) is 3.48. The summed E-state index contributed by atoms with van der Waals surface area (Å²) in [6, 6.07) is 40.6. The van der Waals surface area contributed by atoms with E-state index < -0.39 is 17.9 Å². The van der Waals surface area contributed by atoms with Crippen LogP contribution in [0.4, 0.5) is 22.7 Å². The Morgan fingerprint density at radius 2 is 0.570 bits per heavy atom. The summed E-state index contributed by atoms with van der Waals surface area (Å²) in [6.07, 6.45) is 31.3. The molecule has 0 aliphatic heterocycles. The lowest BCUT2D eigenvalue weighted by molar-refractivity contribution is 0.0723. The third kappa shape index (κ3) is 24.4. The molecule has 0 heterocycles. The predicted molar refractivity (Wildman–Crippen MR) is 315 cm³/mol. The molecule has 0 N–H and O–H groups in total. The highest BCUT2D eigenvalue weighted by atomic mass is 16.5. The van der Waals surface area contributed by atoms with E-state index in [9.17, 15) is 14.4 Å². The molecule has 0 atom stereocenters. The molecule has 0 spiro atoms. The van der Waals surface area contributed by atoms with Gasteiger partial charge in [0.15, 0.2) is 0 Å². The van der Waals surface area contributed by atoms with Crippen LogP contribution in [0.2, 0.25) is 0 Å². The molecule has 0 saturated heterocycles. The zero-order chi connectivity index (χ0) is 55.4. The molecule has 12 nitrogen and oxygen atoms in total. The van der Waals surface area contributed by atoms with E-state index in [1.165, 1.54) is 147 Å². The van der Waals surface area contributed by atoms with E-state index in [1.54, 1.807) is 109 Å². The van der Waals surface area contributed by atoms with E-state index >= 15 is 0 Å². The van der Waals surface area contributed by atoms with Crippen LogP contribution < -0.4 is 23.7 Å². The highest BCUT2D eigenvalue weighted by Crippen LogP contribution is 2.27. The molecule has 0 amide bonds. The van der Waals surface area contributed by atoms with Crippen LogP contribution in [-0.4, -0.2) is 31.1 Å². The largest absolute Gasteiger partial charge is 0.494 e. The van der Waals surface area contributed by atoms with Gasteiger partial charge in [0.25, 0.3) is 0 Å². The zero-order valence-corrected chi connectivity index (χ0v) is 46.8. The molecular weight excluding hydrogens is 989 g/mol. The van der Waals surface area contributed by atoms with Gasteiger partial charge in [-0.3, -0.25) is 0 Å². The molecule has 0 bridgehead atoms. The van der Waals surface area contributed by atoms with Crippen LogP contribution in [0.1, 0.15) is 199 Å². The second-order valence-corrected chi connectivity index (χ2v) is 20.1. The number of azo groups is 2. The minimum absolute atomic E-state index is 0.267. The number of esters is 3. The maximum absolute atomic E-state index is 13.0. The van der Waals surface area contributed by atoms with E-state index in [0.717, 1.165) is 25.0 Å². The first kappa shape index (κ1) is 60.8. The quantitative estimate of drug-likeness (QED) is 0.0161. The topological polar surface area (TPSA) is 147 Å². The Morgan fingerprint density at radius 1 is 0.291 bits per heavy atom. The van der Waals surface area contributed by atoms with Crippen LogP contribution in [0.5, 0.6) is 28.7 Å². The molecule has 79 heavy (non-hydrogen) atoms. The summed E-state index contributed by atoms with van der Waals surface area (Å²) in [5, 5.41) is 17.2. The van der Waals surface area contributed by atoms with Gasteiger partial charge in [0.1, 0.15) is 28.7 Å². The molecule has 6 rings (SSSR count). The minimum Gasteiger partial charge on any atom is -0.494 e. The van der Waals surface area contributed by atoms with Gasteiger partial charge in [0.2, 0.25) is 0 Å². The normalized spacial score (nSPS) is 11.3. The lowest BCUT2D eigenvalue weighted by Crippen LogP contribution is -2.10. The highest BCUT2D eigenvalue weighted by molar-refractivity contribution is 5.93. The molecule has 0 radical (unpaired) electrons. The van der Waals surface area contributed by atoms with Crippen molar-refractivity contribution in [1.29, 1.82) is 0 Å². The van der Waals surface area contributed by atoms with Gasteiger partial charge in [-0.2, -0.15) is 20.5 Å². The number of unbranched alkanes of at least 4 members (excludes halogenated alkanes) is 22. The zero-order valence-electron chi connectivity index (χ0n) is 46.8. The van der Waals surface area contributed by atoms with Gasteiger partial charge in [-0.1, -0.05) is 161 Å². The summed E-state index contributed by atoms with van der Waals surface area (Å²) in [4.78, 5) is 38.8. The first-order valence-corrected chi connectivity index (χ1v) is 29.2. The van der Waals surface area contributed by atoms with E-state index in [2.05, 4.69) is 34.3 Å². The third-order valence-electron chi connectivity index (χ3n) is 13.5. The molecule has 6 aromatic rings. The summed E-state index contributed by atoms with van der Waals surface area (Å²) in [7, 11) is 0. The maximum Gasteiger partial charge on any atom is 0.343 e. The number of ether oxygens (including phenoxy) is 5. The van der Waals surface area contributed by atoms with Crippen molar-refractivity contribution in [1.82, 2.24) is 0 Å². The highest BCUT2D eigenvalue weighted by Gasteiger charge is 2.14. The van der Waals surface area contributed by atoms with Gasteiger partial charge >= 0.3 is 17.9 Å². The monoisotopic (exact) mass is 1070 g/mol. The van der Waals surface area contributed by atoms with Crippen molar-refractivity contribution in [2.24, 2.45) is 20.5 Å². The Labute approximate surface area is 469 Å². The van der Waals surface area contributed by atoms with Gasteiger partial charge in [-0.25, -0.2) is 14.4 Å². The number of hydrogen-bond donors (Lipinski definition) is 0. The minimum atomic E-state index is -0.597. The summed E-state index contributed by atoms with van der Waals surface area (Å²) < 4.78 is 28.6. The van der Waals surface area contributed by atoms with Gasteiger partial charge in [-0.15, -0.1) is 0 Å². The van der Waals surface area contributed by atoms with Crippen molar-refractivity contribution >= 4 is 40.7 Å². The van der Waals surface area contributed by atoms with Crippen LogP contribution >= 0.6 is 0 Å². The number of nitrogens with zero attached hydrogens (tertiary/aromatic N) is 4. The first-order chi connectivity index (χ1) is 38.8. The summed E-state index contributed by atoms with van der Waals surface area (Å²) >= 11 is 0. The fourth-order valence-electron chi connectivity index (χ4n) is 8.80. The molecule has 0 aromatic heterocycles. The molecule has 6 aromatic carbocycles. The number of carbonyl (C=O) groups is 3. The Morgan fingerprint density at radius 3 is 0.949 bits per heavy atom. The maximum atomic E-state index is 13.0. The second kappa shape index (κ2) is 36.6. The van der Waals surface area contributed by atoms with Crippen molar-refractivity contribution in [3.63, 3.8) is 0 Å². The molecule has 12 heteroatoms. The standard InChI is InChI=1S/C67H82N4O8/c1-3-5-7-9-11-13-15-16-17-18-20-22-24-26-51-76-61-46-38-57(39-47-61)69-68-56-36-30-53(31-37-56)65(72)78-63-48-40-58(41-49-63)70-71-59-28-27-29-64(52-59)79-67(74)55-34-44-62(45-35-55)77-66(73)54-32-42-60(43-33-54)75-50-25-23-21-19-14-12-10-8-6-4-2/h27-49,52H,3-26,50-51H2,1-2H3. The second-order valence-electron chi connectivity index (χ2n) is 20.1. The Hall–Kier alpha value is -7.47. The molecule has 0 unspecified atom stereocenters. The van der Waals surface area contributed by atoms with Gasteiger partial charge in [0, 0.05) is 6.07 Å². The number of hydrogen-bond acceptors (Lipinski definition) is 12. The molecular formula is C67H82N4O8. The summed E-state index contributed by atoms with van der Waals surface area (Å²) in [6.45, 7) is 5.88. The van der Waals surface area contributed by atoms with Gasteiger partial charge < -0.3 is 23.7 Å². The Balaban J connectivity index is 0.836. The van der Waals surface area contributed by atoms with Crippen molar-refractivity contribution in [2.45, 2.75) is 168 Å². The van der Waals surface area contributed by atoms with Crippen molar-refractivity contribution in [3.8, 4) is 28.7 Å². The number of rotatable bonds is 38. The third-order valence-corrected chi connectivity index (χ3v) is 13.5. The van der Waals surface area contributed by atoms with E-state index in [1.807, 2.05) is 24.3 Å². The lowest BCUT2D eigenvalue weighted by Gasteiger charge is -2.08. The summed E-state index contributed by atoms with van der Waals surface area (Å²) in [5.74, 6) is 0.789. The average molecular weight is 1070 g/mol. The smallest absolute Gasteiger partial charge is 0.343 e. The Bertz CT molecular complexity index is 2720. The van der Waals surface area contributed by atoms with Crippen LogP contribution in [0.15, 0.2) is 166 Å². The SMILES string of the molecule is CCCCCCCCCCCCCCCCOc1ccc(N=Nc2ccc(C(=O)Oc3ccc(N=Nc4cccc(OC(=O)c5ccc(OC(=O)c6ccc(OCCCCCCCCCCCC)cc6)cc5)c4)cc3)cc2)cc1. The molecule has 0 saturated carbocycles. The van der Waals surface area contributed by atoms with Crippen LogP contribution in [0, 0.1) is 0 Å². The van der Waals surface area contributed by atoms with E-state index in [4.69, 9.17) is 23.7 Å². The van der Waals surface area contributed by atoms with Crippen LogP contribution in [0.3, 0.4) is 0 Å². The first-order valence-electron chi connectivity index (χ1n) is 29.2. The van der Waals surface area contributed by atoms with Crippen LogP contribution in [-0.2, 0) is 0 Å².